The van der Waals surface area contributed by atoms with E-state index in [0.717, 1.165) is 0 Å². The molecular weight excluding hydrogens is 405 g/mol. The van der Waals surface area contributed by atoms with Crippen LogP contribution in [0.15, 0.2) is 23.8 Å². The number of fused-ring (bicyclic) bond motifs is 1. The van der Waals surface area contributed by atoms with Gasteiger partial charge in [-0.25, -0.2) is 4.98 Å². The highest BCUT2D eigenvalue weighted by atomic mass is 31.2. The van der Waals surface area contributed by atoms with Crippen LogP contribution < -0.4 is 11.3 Å². The van der Waals surface area contributed by atoms with Crippen LogP contribution in [0.25, 0.3) is 11.2 Å². The molecule has 0 radical (unpaired) electrons. The number of aliphatic hydroxyl groups excluding tert-OH is 1. The fraction of sp³-hybridized carbons (Fsp3) is 0.562. The number of rotatable bonds is 9. The number of hydrogen-bond donors (Lipinski definition) is 3. The van der Waals surface area contributed by atoms with Gasteiger partial charge in [-0.1, -0.05) is 6.08 Å². The van der Waals surface area contributed by atoms with Crippen LogP contribution in [-0.2, 0) is 23.1 Å². The topological polar surface area (TPSA) is 164 Å². The van der Waals surface area contributed by atoms with Gasteiger partial charge in [0, 0.05) is 0 Å². The second-order valence-electron chi connectivity index (χ2n) is 6.22. The lowest BCUT2D eigenvalue weighted by atomic mass is 10.0. The Morgan fingerprint density at radius 1 is 1.45 bits per heavy atom. The Balaban J connectivity index is 1.84. The lowest BCUT2D eigenvalue weighted by Crippen LogP contribution is -2.26. The molecule has 4 atom stereocenters. The van der Waals surface area contributed by atoms with E-state index in [-0.39, 0.29) is 36.7 Å². The second-order valence-corrected chi connectivity index (χ2v) is 8.21. The van der Waals surface area contributed by atoms with E-state index < -0.39 is 37.7 Å². The largest absolute Gasteiger partial charge is 0.388 e. The maximum Gasteiger partial charge on any atom is 0.356 e. The van der Waals surface area contributed by atoms with Gasteiger partial charge in [-0.15, -0.1) is 6.58 Å². The van der Waals surface area contributed by atoms with Crippen molar-refractivity contribution in [2.45, 2.75) is 32.5 Å². The second kappa shape index (κ2) is 8.74. The van der Waals surface area contributed by atoms with E-state index in [9.17, 15) is 14.5 Å². The molecule has 1 aliphatic rings. The Morgan fingerprint density at radius 3 is 2.76 bits per heavy atom. The number of anilines is 1. The number of aromatic amines is 1. The van der Waals surface area contributed by atoms with Gasteiger partial charge >= 0.3 is 7.60 Å². The van der Waals surface area contributed by atoms with Crippen molar-refractivity contribution in [3.05, 3.63) is 29.3 Å². The molecular formula is C16H24N5O7P. The summed E-state index contributed by atoms with van der Waals surface area (Å²) in [6.45, 7) is 7.45. The third-order valence-electron chi connectivity index (χ3n) is 4.32. The van der Waals surface area contributed by atoms with Crippen LogP contribution in [0.5, 0.6) is 0 Å². The predicted octanol–water partition coefficient (Wildman–Crippen LogP) is 0.960. The van der Waals surface area contributed by atoms with Crippen LogP contribution in [0.3, 0.4) is 0 Å². The summed E-state index contributed by atoms with van der Waals surface area (Å²) in [4.78, 5) is 22.4. The minimum absolute atomic E-state index is 0.0479. The number of hydrogen-bond acceptors (Lipinski definition) is 10. The molecule has 0 spiro atoms. The summed E-state index contributed by atoms with van der Waals surface area (Å²) < 4.78 is 35.8. The monoisotopic (exact) mass is 429 g/mol. The van der Waals surface area contributed by atoms with Gasteiger partial charge in [0.15, 0.2) is 30.0 Å². The first-order valence-corrected chi connectivity index (χ1v) is 10.7. The van der Waals surface area contributed by atoms with Gasteiger partial charge in [-0.05, 0) is 13.8 Å². The highest BCUT2D eigenvalue weighted by Gasteiger charge is 2.45. The average Bonchev–Trinajstić information content (AvgIpc) is 3.21. The van der Waals surface area contributed by atoms with E-state index in [1.54, 1.807) is 13.8 Å². The molecule has 0 aliphatic carbocycles. The lowest BCUT2D eigenvalue weighted by molar-refractivity contribution is -0.152. The number of imidazole rings is 1. The smallest absolute Gasteiger partial charge is 0.356 e. The molecule has 3 rings (SSSR count). The first kappa shape index (κ1) is 21.6. The summed E-state index contributed by atoms with van der Waals surface area (Å²) in [5.41, 5.74) is 5.29. The van der Waals surface area contributed by atoms with Crippen LogP contribution >= 0.6 is 7.60 Å². The molecule has 4 N–H and O–H groups in total. The third kappa shape index (κ3) is 4.27. The zero-order chi connectivity index (χ0) is 21.2. The number of ether oxygens (including phenoxy) is 2. The normalized spacial score (nSPS) is 24.9. The predicted molar refractivity (Wildman–Crippen MR) is 103 cm³/mol. The molecule has 160 valence electrons. The highest BCUT2D eigenvalue weighted by molar-refractivity contribution is 7.53. The highest BCUT2D eigenvalue weighted by Crippen LogP contribution is 2.49. The van der Waals surface area contributed by atoms with Crippen molar-refractivity contribution in [1.29, 1.82) is 0 Å². The summed E-state index contributed by atoms with van der Waals surface area (Å²) in [6, 6.07) is 0. The van der Waals surface area contributed by atoms with Gasteiger partial charge in [-0.3, -0.25) is 18.9 Å². The van der Waals surface area contributed by atoms with Crippen molar-refractivity contribution >= 4 is 24.7 Å². The summed E-state index contributed by atoms with van der Waals surface area (Å²) in [5.74, 6) is -0.757. The van der Waals surface area contributed by atoms with Crippen LogP contribution in [-0.4, -0.2) is 56.6 Å². The summed E-state index contributed by atoms with van der Waals surface area (Å²) in [5, 5.41) is 10.7. The lowest BCUT2D eigenvalue weighted by Gasteiger charge is -2.21. The Kier molecular flexibility index (Phi) is 6.52. The van der Waals surface area contributed by atoms with Crippen molar-refractivity contribution < 1.29 is 28.2 Å². The zero-order valence-electron chi connectivity index (χ0n) is 16.1. The number of aliphatic hydroxyl groups is 1. The quantitative estimate of drug-likeness (QED) is 0.386. The fourth-order valence-electron chi connectivity index (χ4n) is 3.09. The number of aromatic nitrogens is 4. The Morgan fingerprint density at radius 2 is 2.14 bits per heavy atom. The Bertz CT molecular complexity index is 966. The number of nitrogens with zero attached hydrogens (tertiary/aromatic N) is 3. The van der Waals surface area contributed by atoms with E-state index in [0.29, 0.717) is 0 Å². The van der Waals surface area contributed by atoms with Crippen molar-refractivity contribution in [2.24, 2.45) is 5.92 Å². The molecule has 12 nitrogen and oxygen atoms in total. The summed E-state index contributed by atoms with van der Waals surface area (Å²) in [7, 11) is -3.47. The van der Waals surface area contributed by atoms with E-state index in [2.05, 4.69) is 21.5 Å². The van der Waals surface area contributed by atoms with E-state index >= 15 is 0 Å². The SMILES string of the molecule is C=CC1C(OCP(=O)(OCC)OCC)OC(n2cnc3c(=O)[nH]c(N)nc32)C1O. The van der Waals surface area contributed by atoms with Crippen LogP contribution in [0.1, 0.15) is 20.1 Å². The van der Waals surface area contributed by atoms with Crippen LogP contribution in [0, 0.1) is 5.92 Å². The molecule has 0 saturated carbocycles. The Hall–Kier alpha value is -2.08. The van der Waals surface area contributed by atoms with Gasteiger partial charge in [0.25, 0.3) is 5.56 Å². The van der Waals surface area contributed by atoms with Gasteiger partial charge in [-0.2, -0.15) is 4.98 Å². The van der Waals surface area contributed by atoms with Gasteiger partial charge in [0.05, 0.1) is 25.5 Å². The minimum atomic E-state index is -3.47. The average molecular weight is 429 g/mol. The van der Waals surface area contributed by atoms with Gasteiger partial charge in [0.1, 0.15) is 6.10 Å². The van der Waals surface area contributed by atoms with Crippen molar-refractivity contribution in [2.75, 3.05) is 25.3 Å². The van der Waals surface area contributed by atoms with Crippen LogP contribution in [0.4, 0.5) is 5.95 Å². The molecule has 0 aromatic carbocycles. The van der Waals surface area contributed by atoms with Crippen molar-refractivity contribution in [1.82, 2.24) is 19.5 Å². The zero-order valence-corrected chi connectivity index (χ0v) is 16.9. The van der Waals surface area contributed by atoms with E-state index in [4.69, 9.17) is 24.3 Å². The van der Waals surface area contributed by atoms with Crippen LogP contribution in [0.2, 0.25) is 0 Å². The Labute approximate surface area is 166 Å². The number of nitrogens with two attached hydrogens (primary N) is 1. The standard InChI is InChI=1S/C16H24N5O7P/c1-4-9-11(22)14(21-7-18-10-12(21)19-16(17)20-13(10)23)28-15(9)25-8-29(24,26-5-2)27-6-3/h4,7,9,11,14-15,22H,1,5-6,8H2,2-3H3,(H3,17,19,20,23). The number of nitrogens with one attached hydrogen (secondary N) is 1. The maximum atomic E-state index is 12.6. The first-order chi connectivity index (χ1) is 13.8. The molecule has 0 amide bonds. The molecule has 2 aromatic heterocycles. The molecule has 1 saturated heterocycles. The van der Waals surface area contributed by atoms with Gasteiger partial charge in [0.2, 0.25) is 5.95 Å². The van der Waals surface area contributed by atoms with Crippen molar-refractivity contribution in [3.63, 3.8) is 0 Å². The molecule has 3 heterocycles. The maximum absolute atomic E-state index is 12.6. The molecule has 2 aromatic rings. The summed E-state index contributed by atoms with van der Waals surface area (Å²) in [6.07, 6.45) is -0.656. The number of nitrogen functional groups attached to an aromatic ring is 1. The molecule has 4 unspecified atom stereocenters. The van der Waals surface area contributed by atoms with E-state index in [1.165, 1.54) is 17.0 Å². The molecule has 29 heavy (non-hydrogen) atoms. The molecule has 1 fully saturated rings. The molecule has 1 aliphatic heterocycles. The molecule has 13 heteroatoms. The summed E-state index contributed by atoms with van der Waals surface area (Å²) >= 11 is 0. The fourth-order valence-corrected chi connectivity index (χ4v) is 4.43. The molecule has 0 bridgehead atoms. The first-order valence-electron chi connectivity index (χ1n) is 9.01. The minimum Gasteiger partial charge on any atom is -0.388 e. The van der Waals surface area contributed by atoms with Gasteiger partial charge < -0.3 is 29.4 Å². The third-order valence-corrected chi connectivity index (χ3v) is 6.09. The van der Waals surface area contributed by atoms with Crippen molar-refractivity contribution in [3.8, 4) is 0 Å². The van der Waals surface area contributed by atoms with E-state index in [1.807, 2.05) is 0 Å². The number of H-pyrrole nitrogens is 1.